The molecule has 3 nitrogen and oxygen atoms in total. The molecule has 1 rings (SSSR count). The Labute approximate surface area is 66.6 Å². The second-order valence-corrected chi connectivity index (χ2v) is 2.72. The number of alkyl halides is 3. The van der Waals surface area contributed by atoms with Crippen molar-refractivity contribution >= 4 is 5.91 Å². The van der Waals surface area contributed by atoms with Crippen molar-refractivity contribution in [2.75, 3.05) is 6.61 Å². The van der Waals surface area contributed by atoms with Gasteiger partial charge in [-0.2, -0.15) is 13.2 Å². The van der Waals surface area contributed by atoms with Crippen LogP contribution in [0.4, 0.5) is 13.2 Å². The molecule has 2 unspecified atom stereocenters. The van der Waals surface area contributed by atoms with Gasteiger partial charge in [0.2, 0.25) is 5.91 Å². The molecule has 1 fully saturated rings. The first-order valence-electron chi connectivity index (χ1n) is 3.43. The van der Waals surface area contributed by atoms with Gasteiger partial charge in [0.1, 0.15) is 6.04 Å². The third kappa shape index (κ3) is 1.69. The van der Waals surface area contributed by atoms with Crippen molar-refractivity contribution in [3.63, 3.8) is 0 Å². The van der Waals surface area contributed by atoms with E-state index in [0.29, 0.717) is 0 Å². The number of carbonyl (C=O) groups is 1. The van der Waals surface area contributed by atoms with Crippen LogP contribution < -0.4 is 5.32 Å². The molecule has 0 bridgehead atoms. The van der Waals surface area contributed by atoms with Crippen LogP contribution in [0.25, 0.3) is 0 Å². The third-order valence-corrected chi connectivity index (χ3v) is 1.82. The Morgan fingerprint density at radius 2 is 2.17 bits per heavy atom. The molecule has 70 valence electrons. The fraction of sp³-hybridized carbons (Fsp3) is 0.833. The molecule has 1 aliphatic rings. The van der Waals surface area contributed by atoms with Crippen molar-refractivity contribution in [3.8, 4) is 0 Å². The molecule has 12 heavy (non-hydrogen) atoms. The maximum absolute atomic E-state index is 11.9. The van der Waals surface area contributed by atoms with Gasteiger partial charge in [-0.3, -0.25) is 4.79 Å². The number of aliphatic hydroxyl groups excluding tert-OH is 1. The summed E-state index contributed by atoms with van der Waals surface area (Å²) < 4.78 is 35.8. The average Bonchev–Trinajstić information content (AvgIpc) is 2.29. The van der Waals surface area contributed by atoms with Gasteiger partial charge < -0.3 is 10.4 Å². The summed E-state index contributed by atoms with van der Waals surface area (Å²) in [5.74, 6) is -1.63. The third-order valence-electron chi connectivity index (χ3n) is 1.82. The SMILES string of the molecule is O=C1NC(C(F)(F)F)CC1CO. The Kier molecular flexibility index (Phi) is 2.27. The molecule has 2 N–H and O–H groups in total. The Morgan fingerprint density at radius 3 is 2.42 bits per heavy atom. The fourth-order valence-corrected chi connectivity index (χ4v) is 1.11. The molecule has 0 radical (unpaired) electrons. The molecule has 0 saturated carbocycles. The zero-order valence-electron chi connectivity index (χ0n) is 6.06. The van der Waals surface area contributed by atoms with E-state index in [1.807, 2.05) is 0 Å². The molecule has 2 atom stereocenters. The van der Waals surface area contributed by atoms with E-state index in [4.69, 9.17) is 5.11 Å². The number of carbonyl (C=O) groups excluding carboxylic acids is 1. The molecular formula is C6H8F3NO2. The summed E-state index contributed by atoms with van der Waals surface area (Å²) in [6.45, 7) is -0.529. The van der Waals surface area contributed by atoms with Gasteiger partial charge in [0, 0.05) is 0 Å². The second kappa shape index (κ2) is 2.93. The van der Waals surface area contributed by atoms with Crippen molar-refractivity contribution in [1.82, 2.24) is 5.32 Å². The monoisotopic (exact) mass is 183 g/mol. The first-order valence-corrected chi connectivity index (χ1v) is 3.43. The number of hydrogen-bond acceptors (Lipinski definition) is 2. The summed E-state index contributed by atoms with van der Waals surface area (Å²) in [5, 5.41) is 10.3. The van der Waals surface area contributed by atoms with Gasteiger partial charge in [-0.1, -0.05) is 0 Å². The largest absolute Gasteiger partial charge is 0.408 e. The number of halogens is 3. The van der Waals surface area contributed by atoms with Gasteiger partial charge in [-0.05, 0) is 6.42 Å². The Morgan fingerprint density at radius 1 is 1.58 bits per heavy atom. The predicted octanol–water partition coefficient (Wildman–Crippen LogP) is 0.0457. The van der Waals surface area contributed by atoms with E-state index < -0.39 is 30.7 Å². The zero-order chi connectivity index (χ0) is 9.35. The molecule has 1 heterocycles. The van der Waals surface area contributed by atoms with Crippen LogP contribution in [-0.2, 0) is 4.79 Å². The first-order chi connectivity index (χ1) is 5.45. The van der Waals surface area contributed by atoms with Crippen LogP contribution >= 0.6 is 0 Å². The number of aliphatic hydroxyl groups is 1. The summed E-state index contributed by atoms with van der Waals surface area (Å²) in [6, 6.07) is -1.79. The topological polar surface area (TPSA) is 49.3 Å². The lowest BCUT2D eigenvalue weighted by Crippen LogP contribution is -2.38. The highest BCUT2D eigenvalue weighted by Gasteiger charge is 2.47. The highest BCUT2D eigenvalue weighted by molar-refractivity contribution is 5.81. The molecule has 1 saturated heterocycles. The predicted molar refractivity (Wildman–Crippen MR) is 33.2 cm³/mol. The minimum Gasteiger partial charge on any atom is -0.396 e. The summed E-state index contributed by atoms with van der Waals surface area (Å²) in [4.78, 5) is 10.7. The Hall–Kier alpha value is -0.780. The molecule has 0 aromatic heterocycles. The van der Waals surface area contributed by atoms with Crippen molar-refractivity contribution < 1.29 is 23.1 Å². The van der Waals surface area contributed by atoms with E-state index in [9.17, 15) is 18.0 Å². The summed E-state index contributed by atoms with van der Waals surface area (Å²) in [5.41, 5.74) is 0. The van der Waals surface area contributed by atoms with Crippen molar-refractivity contribution in [2.24, 2.45) is 5.92 Å². The lowest BCUT2D eigenvalue weighted by atomic mass is 10.1. The maximum atomic E-state index is 11.9. The van der Waals surface area contributed by atoms with Gasteiger partial charge >= 0.3 is 6.18 Å². The minimum atomic E-state index is -4.40. The van der Waals surface area contributed by atoms with Crippen LogP contribution in [0.2, 0.25) is 0 Å². The number of rotatable bonds is 1. The van der Waals surface area contributed by atoms with E-state index >= 15 is 0 Å². The van der Waals surface area contributed by atoms with E-state index in [2.05, 4.69) is 0 Å². The van der Waals surface area contributed by atoms with E-state index in [1.54, 1.807) is 5.32 Å². The lowest BCUT2D eigenvalue weighted by Gasteiger charge is -2.13. The Bertz CT molecular complexity index is 192. The molecule has 1 aliphatic heterocycles. The molecular weight excluding hydrogens is 175 g/mol. The molecule has 6 heteroatoms. The van der Waals surface area contributed by atoms with Crippen LogP contribution in [0, 0.1) is 5.92 Å². The minimum absolute atomic E-state index is 0.362. The summed E-state index contributed by atoms with van der Waals surface area (Å²) >= 11 is 0. The molecule has 0 spiro atoms. The zero-order valence-corrected chi connectivity index (χ0v) is 6.06. The average molecular weight is 183 g/mol. The van der Waals surface area contributed by atoms with Gasteiger partial charge in [-0.15, -0.1) is 0 Å². The molecule has 0 aliphatic carbocycles. The van der Waals surface area contributed by atoms with Crippen molar-refractivity contribution in [3.05, 3.63) is 0 Å². The molecule has 0 aromatic rings. The normalized spacial score (nSPS) is 30.5. The smallest absolute Gasteiger partial charge is 0.396 e. The van der Waals surface area contributed by atoms with Gasteiger partial charge in [0.05, 0.1) is 12.5 Å². The summed E-state index contributed by atoms with van der Waals surface area (Å²) in [6.07, 6.45) is -4.77. The maximum Gasteiger partial charge on any atom is 0.408 e. The van der Waals surface area contributed by atoms with Gasteiger partial charge in [0.15, 0.2) is 0 Å². The van der Waals surface area contributed by atoms with Crippen LogP contribution in [0.1, 0.15) is 6.42 Å². The summed E-state index contributed by atoms with van der Waals surface area (Å²) in [7, 11) is 0. The quantitative estimate of drug-likeness (QED) is 0.603. The standard InChI is InChI=1S/C6H8F3NO2/c7-6(8,9)4-1-3(2-11)5(12)10-4/h3-4,11H,1-2H2,(H,10,12). The number of nitrogens with one attached hydrogen (secondary N) is 1. The number of amides is 1. The van der Waals surface area contributed by atoms with Crippen LogP contribution in [-0.4, -0.2) is 29.8 Å². The second-order valence-electron chi connectivity index (χ2n) is 2.72. The van der Waals surface area contributed by atoms with Gasteiger partial charge in [-0.25, -0.2) is 0 Å². The van der Waals surface area contributed by atoms with Gasteiger partial charge in [0.25, 0.3) is 0 Å². The van der Waals surface area contributed by atoms with Crippen LogP contribution in [0.3, 0.4) is 0 Å². The van der Waals surface area contributed by atoms with Crippen molar-refractivity contribution in [1.29, 1.82) is 0 Å². The van der Waals surface area contributed by atoms with E-state index in [-0.39, 0.29) is 6.42 Å². The lowest BCUT2D eigenvalue weighted by molar-refractivity contribution is -0.155. The first kappa shape index (κ1) is 9.31. The van der Waals surface area contributed by atoms with E-state index in [0.717, 1.165) is 0 Å². The highest BCUT2D eigenvalue weighted by Crippen LogP contribution is 2.29. The van der Waals surface area contributed by atoms with Crippen LogP contribution in [0.5, 0.6) is 0 Å². The fourth-order valence-electron chi connectivity index (χ4n) is 1.11. The molecule has 1 amide bonds. The van der Waals surface area contributed by atoms with Crippen LogP contribution in [0.15, 0.2) is 0 Å². The van der Waals surface area contributed by atoms with Crippen molar-refractivity contribution in [2.45, 2.75) is 18.6 Å². The Balaban J connectivity index is 2.60. The highest BCUT2D eigenvalue weighted by atomic mass is 19.4. The van der Waals surface area contributed by atoms with E-state index in [1.165, 1.54) is 0 Å². The number of hydrogen-bond donors (Lipinski definition) is 2. The molecule has 0 aromatic carbocycles.